The molecule has 2 aromatic carbocycles. The first-order chi connectivity index (χ1) is 12.0. The second-order valence-electron chi connectivity index (χ2n) is 5.37. The molecular weight excluding hydrogens is 362 g/mol. The topological polar surface area (TPSA) is 55.8 Å². The SMILES string of the molecule is COc1ccc(N2C(=O)CC(Sc3ccc(Cl)cc3)C2=O)c(OC)c1. The van der Waals surface area contributed by atoms with Gasteiger partial charge in [0.1, 0.15) is 11.5 Å². The third-order valence-corrected chi connectivity index (χ3v) is 5.27. The fourth-order valence-corrected chi connectivity index (χ4v) is 3.78. The van der Waals surface area contributed by atoms with E-state index in [4.69, 9.17) is 21.1 Å². The predicted molar refractivity (Wildman–Crippen MR) is 97.8 cm³/mol. The number of anilines is 1. The van der Waals surface area contributed by atoms with E-state index in [0.717, 1.165) is 4.90 Å². The van der Waals surface area contributed by atoms with Gasteiger partial charge >= 0.3 is 0 Å². The van der Waals surface area contributed by atoms with Crippen molar-refractivity contribution >= 4 is 40.9 Å². The van der Waals surface area contributed by atoms with Crippen molar-refractivity contribution in [3.8, 4) is 11.5 Å². The van der Waals surface area contributed by atoms with E-state index in [1.807, 2.05) is 12.1 Å². The highest BCUT2D eigenvalue weighted by Gasteiger charge is 2.41. The Morgan fingerprint density at radius 1 is 1.08 bits per heavy atom. The Morgan fingerprint density at radius 3 is 2.44 bits per heavy atom. The Bertz CT molecular complexity index is 809. The molecule has 7 heteroatoms. The van der Waals surface area contributed by atoms with Crippen LogP contribution in [-0.2, 0) is 9.59 Å². The van der Waals surface area contributed by atoms with E-state index < -0.39 is 5.25 Å². The van der Waals surface area contributed by atoms with Crippen molar-refractivity contribution in [2.24, 2.45) is 0 Å². The molecule has 0 aliphatic carbocycles. The molecule has 1 heterocycles. The molecule has 2 amide bonds. The van der Waals surface area contributed by atoms with Crippen LogP contribution in [0.15, 0.2) is 47.4 Å². The number of benzene rings is 2. The highest BCUT2D eigenvalue weighted by molar-refractivity contribution is 8.00. The largest absolute Gasteiger partial charge is 0.497 e. The van der Waals surface area contributed by atoms with Crippen molar-refractivity contribution in [1.82, 2.24) is 0 Å². The van der Waals surface area contributed by atoms with Gasteiger partial charge in [0, 0.05) is 22.4 Å². The maximum absolute atomic E-state index is 12.8. The molecule has 1 aliphatic rings. The highest BCUT2D eigenvalue weighted by Crippen LogP contribution is 2.39. The highest BCUT2D eigenvalue weighted by atomic mass is 35.5. The summed E-state index contributed by atoms with van der Waals surface area (Å²) in [7, 11) is 3.03. The maximum atomic E-state index is 12.8. The molecule has 0 bridgehead atoms. The number of carbonyl (C=O) groups excluding carboxylic acids is 2. The van der Waals surface area contributed by atoms with Crippen LogP contribution in [0.5, 0.6) is 11.5 Å². The van der Waals surface area contributed by atoms with E-state index in [9.17, 15) is 9.59 Å². The molecule has 1 aliphatic heterocycles. The lowest BCUT2D eigenvalue weighted by atomic mass is 10.2. The van der Waals surface area contributed by atoms with E-state index in [2.05, 4.69) is 0 Å². The molecule has 0 N–H and O–H groups in total. The number of thioether (sulfide) groups is 1. The normalized spacial score (nSPS) is 17.1. The number of hydrogen-bond donors (Lipinski definition) is 0. The number of imide groups is 1. The Hall–Kier alpha value is -2.18. The second kappa shape index (κ2) is 7.37. The van der Waals surface area contributed by atoms with Crippen LogP contribution in [0.4, 0.5) is 5.69 Å². The zero-order valence-corrected chi connectivity index (χ0v) is 15.3. The van der Waals surface area contributed by atoms with E-state index >= 15 is 0 Å². The van der Waals surface area contributed by atoms with E-state index in [-0.39, 0.29) is 18.2 Å². The molecule has 0 saturated carbocycles. The summed E-state index contributed by atoms with van der Waals surface area (Å²) in [6.45, 7) is 0. The lowest BCUT2D eigenvalue weighted by molar-refractivity contribution is -0.121. The van der Waals surface area contributed by atoms with Gasteiger partial charge < -0.3 is 9.47 Å². The number of hydrogen-bond acceptors (Lipinski definition) is 5. The average Bonchev–Trinajstić information content (AvgIpc) is 2.90. The Labute approximate surface area is 154 Å². The molecule has 1 fully saturated rings. The quantitative estimate of drug-likeness (QED) is 0.742. The minimum atomic E-state index is -0.472. The lowest BCUT2D eigenvalue weighted by Gasteiger charge is -2.18. The number of carbonyl (C=O) groups is 2. The number of amides is 2. The summed E-state index contributed by atoms with van der Waals surface area (Å²) in [5, 5.41) is 0.156. The minimum Gasteiger partial charge on any atom is -0.497 e. The van der Waals surface area contributed by atoms with Gasteiger partial charge in [-0.1, -0.05) is 11.6 Å². The van der Waals surface area contributed by atoms with Crippen molar-refractivity contribution < 1.29 is 19.1 Å². The van der Waals surface area contributed by atoms with Gasteiger partial charge in [-0.05, 0) is 36.4 Å². The van der Waals surface area contributed by atoms with Gasteiger partial charge in [0.15, 0.2) is 0 Å². The van der Waals surface area contributed by atoms with Gasteiger partial charge in [0.25, 0.3) is 0 Å². The molecule has 1 atom stereocenters. The molecule has 2 aromatic rings. The van der Waals surface area contributed by atoms with Crippen LogP contribution in [0.25, 0.3) is 0 Å². The van der Waals surface area contributed by atoms with Crippen molar-refractivity contribution in [2.75, 3.05) is 19.1 Å². The molecule has 25 heavy (non-hydrogen) atoms. The molecule has 1 saturated heterocycles. The molecule has 0 spiro atoms. The molecular formula is C18H16ClNO4S. The number of ether oxygens (including phenoxy) is 2. The molecule has 0 radical (unpaired) electrons. The van der Waals surface area contributed by atoms with Crippen LogP contribution < -0.4 is 14.4 Å². The first-order valence-electron chi connectivity index (χ1n) is 7.54. The van der Waals surface area contributed by atoms with E-state index in [1.165, 1.54) is 23.8 Å². The fraction of sp³-hybridized carbons (Fsp3) is 0.222. The molecule has 3 rings (SSSR count). The summed E-state index contributed by atoms with van der Waals surface area (Å²) < 4.78 is 10.5. The van der Waals surface area contributed by atoms with Crippen LogP contribution in [0.1, 0.15) is 6.42 Å². The Balaban J connectivity index is 1.85. The summed E-state index contributed by atoms with van der Waals surface area (Å²) in [4.78, 5) is 27.3. The zero-order chi connectivity index (χ0) is 18.0. The van der Waals surface area contributed by atoms with Gasteiger partial charge in [-0.25, -0.2) is 4.90 Å². The van der Waals surface area contributed by atoms with Gasteiger partial charge in [-0.15, -0.1) is 11.8 Å². The molecule has 130 valence electrons. The van der Waals surface area contributed by atoms with Crippen molar-refractivity contribution in [2.45, 2.75) is 16.6 Å². The number of halogens is 1. The zero-order valence-electron chi connectivity index (χ0n) is 13.7. The summed E-state index contributed by atoms with van der Waals surface area (Å²) in [6, 6.07) is 12.2. The molecule has 1 unspecified atom stereocenters. The summed E-state index contributed by atoms with van der Waals surface area (Å²) in [6.07, 6.45) is 0.140. The van der Waals surface area contributed by atoms with Crippen molar-refractivity contribution in [3.63, 3.8) is 0 Å². The van der Waals surface area contributed by atoms with Gasteiger partial charge in [-0.3, -0.25) is 9.59 Å². The van der Waals surface area contributed by atoms with Gasteiger partial charge in [0.05, 0.1) is 25.2 Å². The van der Waals surface area contributed by atoms with Crippen molar-refractivity contribution in [1.29, 1.82) is 0 Å². The third-order valence-electron chi connectivity index (χ3n) is 3.83. The number of methoxy groups -OCH3 is 2. The monoisotopic (exact) mass is 377 g/mol. The standard InChI is InChI=1S/C18H16ClNO4S/c1-23-12-5-8-14(15(9-12)24-2)20-17(21)10-16(18(20)22)25-13-6-3-11(19)4-7-13/h3-9,16H,10H2,1-2H3. The van der Waals surface area contributed by atoms with Crippen LogP contribution >= 0.6 is 23.4 Å². The van der Waals surface area contributed by atoms with Crippen LogP contribution in [-0.4, -0.2) is 31.3 Å². The second-order valence-corrected chi connectivity index (χ2v) is 7.08. The van der Waals surface area contributed by atoms with Crippen LogP contribution in [0.3, 0.4) is 0 Å². The van der Waals surface area contributed by atoms with Crippen LogP contribution in [0, 0.1) is 0 Å². The fourth-order valence-electron chi connectivity index (χ4n) is 2.60. The molecule has 0 aromatic heterocycles. The van der Waals surface area contributed by atoms with Gasteiger partial charge in [0.2, 0.25) is 11.8 Å². The lowest BCUT2D eigenvalue weighted by Crippen LogP contribution is -2.31. The smallest absolute Gasteiger partial charge is 0.247 e. The summed E-state index contributed by atoms with van der Waals surface area (Å²) in [5.41, 5.74) is 0.428. The van der Waals surface area contributed by atoms with Crippen molar-refractivity contribution in [3.05, 3.63) is 47.5 Å². The van der Waals surface area contributed by atoms with E-state index in [0.29, 0.717) is 22.2 Å². The Morgan fingerprint density at radius 2 is 1.80 bits per heavy atom. The number of rotatable bonds is 5. The van der Waals surface area contributed by atoms with Crippen LogP contribution in [0.2, 0.25) is 5.02 Å². The molecule has 5 nitrogen and oxygen atoms in total. The Kier molecular flexibility index (Phi) is 5.20. The maximum Gasteiger partial charge on any atom is 0.247 e. The van der Waals surface area contributed by atoms with E-state index in [1.54, 1.807) is 37.4 Å². The predicted octanol–water partition coefficient (Wildman–Crippen LogP) is 3.78. The third kappa shape index (κ3) is 3.60. The summed E-state index contributed by atoms with van der Waals surface area (Å²) >= 11 is 7.23. The minimum absolute atomic E-state index is 0.140. The first kappa shape index (κ1) is 17.6. The average molecular weight is 378 g/mol. The number of nitrogens with zero attached hydrogens (tertiary/aromatic N) is 1. The van der Waals surface area contributed by atoms with Gasteiger partial charge in [-0.2, -0.15) is 0 Å². The first-order valence-corrected chi connectivity index (χ1v) is 8.80. The summed E-state index contributed by atoms with van der Waals surface area (Å²) in [5.74, 6) is 0.498.